The molecule has 0 bridgehead atoms. The molecule has 0 aromatic heterocycles. The molecule has 0 saturated heterocycles. The number of hydrogen-bond donors (Lipinski definition) is 2. The van der Waals surface area contributed by atoms with Crippen molar-refractivity contribution in [3.63, 3.8) is 0 Å². The Balaban J connectivity index is 1.90. The van der Waals surface area contributed by atoms with E-state index in [2.05, 4.69) is 22.8 Å². The normalized spacial score (nSPS) is 10.0. The fourth-order valence-electron chi connectivity index (χ4n) is 2.09. The molecule has 0 saturated carbocycles. The highest BCUT2D eigenvalue weighted by Gasteiger charge is 2.13. The van der Waals surface area contributed by atoms with Gasteiger partial charge in [-0.15, -0.1) is 0 Å². The molecule has 5 nitrogen and oxygen atoms in total. The molecule has 2 aromatic rings. The van der Waals surface area contributed by atoms with Crippen LogP contribution in [0.2, 0.25) is 0 Å². The molecule has 2 rings (SSSR count). The molecule has 22 heavy (non-hydrogen) atoms. The molecule has 0 amide bonds. The molecular weight excluding hydrogens is 298 g/mol. The van der Waals surface area contributed by atoms with Crippen LogP contribution in [0, 0.1) is 17.0 Å². The first-order chi connectivity index (χ1) is 10.6. The number of anilines is 1. The van der Waals surface area contributed by atoms with E-state index in [4.69, 9.17) is 12.2 Å². The molecular formula is C16H17N3O2S. The summed E-state index contributed by atoms with van der Waals surface area (Å²) in [5.41, 5.74) is 2.52. The van der Waals surface area contributed by atoms with Crippen molar-refractivity contribution in [3.8, 4) is 0 Å². The molecule has 0 heterocycles. The summed E-state index contributed by atoms with van der Waals surface area (Å²) in [6.45, 7) is 2.40. The van der Waals surface area contributed by atoms with Gasteiger partial charge in [0.15, 0.2) is 5.11 Å². The van der Waals surface area contributed by atoms with Crippen LogP contribution in [0.25, 0.3) is 0 Å². The van der Waals surface area contributed by atoms with Gasteiger partial charge in [-0.1, -0.05) is 36.4 Å². The summed E-state index contributed by atoms with van der Waals surface area (Å²) < 4.78 is 0. The third-order valence-electron chi connectivity index (χ3n) is 3.29. The van der Waals surface area contributed by atoms with Gasteiger partial charge in [0, 0.05) is 18.3 Å². The van der Waals surface area contributed by atoms with Crippen molar-refractivity contribution in [3.05, 3.63) is 69.8 Å². The second-order valence-electron chi connectivity index (χ2n) is 4.82. The Labute approximate surface area is 134 Å². The maximum atomic E-state index is 10.9. The molecule has 0 aliphatic carbocycles. The number of hydrogen-bond acceptors (Lipinski definition) is 3. The summed E-state index contributed by atoms with van der Waals surface area (Å²) in [7, 11) is 0. The first-order valence-electron chi connectivity index (χ1n) is 6.90. The van der Waals surface area contributed by atoms with Gasteiger partial charge in [0.05, 0.1) is 10.5 Å². The zero-order valence-corrected chi connectivity index (χ0v) is 13.0. The van der Waals surface area contributed by atoms with Crippen molar-refractivity contribution < 1.29 is 4.92 Å². The smallest absolute Gasteiger partial charge is 0.274 e. The summed E-state index contributed by atoms with van der Waals surface area (Å²) in [6, 6.07) is 15.0. The summed E-state index contributed by atoms with van der Waals surface area (Å²) in [4.78, 5) is 10.5. The predicted molar refractivity (Wildman–Crippen MR) is 92.2 cm³/mol. The summed E-state index contributed by atoms with van der Waals surface area (Å²) in [5, 5.41) is 17.5. The van der Waals surface area contributed by atoms with E-state index in [1.54, 1.807) is 19.1 Å². The fourth-order valence-corrected chi connectivity index (χ4v) is 2.30. The minimum Gasteiger partial charge on any atom is -0.362 e. The van der Waals surface area contributed by atoms with Crippen molar-refractivity contribution in [2.75, 3.05) is 11.9 Å². The van der Waals surface area contributed by atoms with Crippen LogP contribution in [0.15, 0.2) is 48.5 Å². The lowest BCUT2D eigenvalue weighted by atomic mass is 10.1. The van der Waals surface area contributed by atoms with Gasteiger partial charge in [-0.25, -0.2) is 0 Å². The van der Waals surface area contributed by atoms with E-state index in [9.17, 15) is 10.1 Å². The minimum absolute atomic E-state index is 0.0806. The molecule has 0 unspecified atom stereocenters. The van der Waals surface area contributed by atoms with Crippen LogP contribution in [-0.4, -0.2) is 16.6 Å². The Morgan fingerprint density at radius 2 is 1.91 bits per heavy atom. The van der Waals surface area contributed by atoms with Gasteiger partial charge < -0.3 is 10.6 Å². The molecule has 0 atom stereocenters. The van der Waals surface area contributed by atoms with Crippen LogP contribution >= 0.6 is 12.2 Å². The Morgan fingerprint density at radius 3 is 2.59 bits per heavy atom. The number of nitro benzene ring substituents is 1. The summed E-state index contributed by atoms with van der Waals surface area (Å²) in [5.74, 6) is 0. The number of benzene rings is 2. The first-order valence-corrected chi connectivity index (χ1v) is 7.31. The maximum absolute atomic E-state index is 10.9. The Bertz CT molecular complexity index is 674. The van der Waals surface area contributed by atoms with Crippen molar-refractivity contribution in [2.45, 2.75) is 13.3 Å². The highest BCUT2D eigenvalue weighted by atomic mass is 32.1. The lowest BCUT2D eigenvalue weighted by Crippen LogP contribution is -2.30. The lowest BCUT2D eigenvalue weighted by Gasteiger charge is -2.12. The maximum Gasteiger partial charge on any atom is 0.274 e. The van der Waals surface area contributed by atoms with Crippen LogP contribution in [0.1, 0.15) is 11.1 Å². The number of thiocarbonyl (C=S) groups is 1. The summed E-state index contributed by atoms with van der Waals surface area (Å²) in [6.07, 6.45) is 0.858. The van der Waals surface area contributed by atoms with Crippen molar-refractivity contribution >= 4 is 28.7 Å². The zero-order valence-electron chi connectivity index (χ0n) is 12.2. The monoisotopic (exact) mass is 315 g/mol. The third kappa shape index (κ3) is 4.26. The number of nitrogens with zero attached hydrogens (tertiary/aromatic N) is 1. The second kappa shape index (κ2) is 7.51. The van der Waals surface area contributed by atoms with Gasteiger partial charge in [-0.2, -0.15) is 0 Å². The van der Waals surface area contributed by atoms with E-state index in [1.807, 2.05) is 18.2 Å². The van der Waals surface area contributed by atoms with Gasteiger partial charge in [0.2, 0.25) is 0 Å². The minimum atomic E-state index is -0.396. The average Bonchev–Trinajstić information content (AvgIpc) is 2.50. The largest absolute Gasteiger partial charge is 0.362 e. The highest BCUT2D eigenvalue weighted by molar-refractivity contribution is 7.80. The van der Waals surface area contributed by atoms with E-state index in [0.717, 1.165) is 6.42 Å². The molecule has 0 aliphatic heterocycles. The molecule has 0 radical (unpaired) electrons. The molecule has 0 aliphatic rings. The SMILES string of the molecule is Cc1c(NC(=S)NCCc2ccccc2)cccc1[N+](=O)[O-]. The Morgan fingerprint density at radius 1 is 1.18 bits per heavy atom. The topological polar surface area (TPSA) is 67.2 Å². The van der Waals surface area contributed by atoms with Crippen LogP contribution in [0.3, 0.4) is 0 Å². The zero-order chi connectivity index (χ0) is 15.9. The van der Waals surface area contributed by atoms with E-state index in [1.165, 1.54) is 11.6 Å². The fraction of sp³-hybridized carbons (Fsp3) is 0.188. The molecule has 0 fully saturated rings. The molecule has 114 valence electrons. The third-order valence-corrected chi connectivity index (χ3v) is 3.54. The van der Waals surface area contributed by atoms with Crippen LogP contribution in [0.4, 0.5) is 11.4 Å². The van der Waals surface area contributed by atoms with Gasteiger partial charge in [0.1, 0.15) is 0 Å². The van der Waals surface area contributed by atoms with Gasteiger partial charge in [-0.05, 0) is 37.2 Å². The quantitative estimate of drug-likeness (QED) is 0.503. The predicted octanol–water partition coefficient (Wildman–Crippen LogP) is 3.43. The summed E-state index contributed by atoms with van der Waals surface area (Å²) >= 11 is 5.23. The number of nitro groups is 1. The average molecular weight is 315 g/mol. The van der Waals surface area contributed by atoms with Crippen molar-refractivity contribution in [1.82, 2.24) is 5.32 Å². The molecule has 6 heteroatoms. The van der Waals surface area contributed by atoms with Gasteiger partial charge in [0.25, 0.3) is 5.69 Å². The Hall–Kier alpha value is -2.47. The molecule has 2 N–H and O–H groups in total. The van der Waals surface area contributed by atoms with E-state index < -0.39 is 4.92 Å². The molecule has 0 spiro atoms. The van der Waals surface area contributed by atoms with E-state index >= 15 is 0 Å². The lowest BCUT2D eigenvalue weighted by molar-refractivity contribution is -0.385. The second-order valence-corrected chi connectivity index (χ2v) is 5.23. The first kappa shape index (κ1) is 15.9. The van der Waals surface area contributed by atoms with Crippen LogP contribution in [-0.2, 0) is 6.42 Å². The van der Waals surface area contributed by atoms with Crippen molar-refractivity contribution in [2.24, 2.45) is 0 Å². The molecule has 2 aromatic carbocycles. The Kier molecular flexibility index (Phi) is 5.43. The van der Waals surface area contributed by atoms with E-state index in [0.29, 0.717) is 22.9 Å². The highest BCUT2D eigenvalue weighted by Crippen LogP contribution is 2.24. The van der Waals surface area contributed by atoms with E-state index in [-0.39, 0.29) is 5.69 Å². The van der Waals surface area contributed by atoms with Crippen LogP contribution in [0.5, 0.6) is 0 Å². The van der Waals surface area contributed by atoms with Crippen LogP contribution < -0.4 is 10.6 Å². The standard InChI is InChI=1S/C16H17N3O2S/c1-12-14(8-5-9-15(12)19(20)21)18-16(22)17-11-10-13-6-3-2-4-7-13/h2-9H,10-11H2,1H3,(H2,17,18,22). The van der Waals surface area contributed by atoms with Gasteiger partial charge >= 0.3 is 0 Å². The number of rotatable bonds is 5. The van der Waals surface area contributed by atoms with Gasteiger partial charge in [-0.3, -0.25) is 10.1 Å². The number of nitrogens with one attached hydrogen (secondary N) is 2. The van der Waals surface area contributed by atoms with Crippen molar-refractivity contribution in [1.29, 1.82) is 0 Å².